The Morgan fingerprint density at radius 3 is 2.00 bits per heavy atom. The van der Waals surface area contributed by atoms with Gasteiger partial charge in [-0.3, -0.25) is 4.79 Å². The molecule has 0 saturated heterocycles. The van der Waals surface area contributed by atoms with Crippen LogP contribution in [0.1, 0.15) is 27.2 Å². The Labute approximate surface area is 158 Å². The molecule has 0 unspecified atom stereocenters. The van der Waals surface area contributed by atoms with Gasteiger partial charge in [-0.1, -0.05) is 0 Å². The van der Waals surface area contributed by atoms with E-state index in [1.54, 1.807) is 6.92 Å². The summed E-state index contributed by atoms with van der Waals surface area (Å²) in [4.78, 5) is 13.1. The molecule has 1 heterocycles. The molecule has 0 radical (unpaired) electrons. The first-order valence-corrected chi connectivity index (χ1v) is 7.83. The van der Waals surface area contributed by atoms with Crippen molar-refractivity contribution in [2.75, 3.05) is 28.4 Å². The number of hydrogen-bond acceptors (Lipinski definition) is 6. The highest BCUT2D eigenvalue weighted by atomic mass is 19.4. The van der Waals surface area contributed by atoms with E-state index in [4.69, 9.17) is 18.9 Å². The highest BCUT2D eigenvalue weighted by Gasteiger charge is 2.38. The van der Waals surface area contributed by atoms with Gasteiger partial charge in [0.05, 0.1) is 34.0 Å². The van der Waals surface area contributed by atoms with E-state index in [1.807, 2.05) is 0 Å². The molecule has 28 heavy (non-hydrogen) atoms. The average Bonchev–Trinajstić information content (AvgIpc) is 2.64. The summed E-state index contributed by atoms with van der Waals surface area (Å²) in [5.41, 5.74) is -1.57. The number of ketones is 1. The lowest BCUT2D eigenvalue weighted by molar-refractivity contribution is -0.609. The number of halogens is 3. The summed E-state index contributed by atoms with van der Waals surface area (Å²) in [6.07, 6.45) is -4.50. The van der Waals surface area contributed by atoms with Crippen LogP contribution in [0.5, 0.6) is 23.0 Å². The van der Waals surface area contributed by atoms with E-state index in [1.165, 1.54) is 27.4 Å². The first-order valence-electron chi connectivity index (χ1n) is 7.83. The van der Waals surface area contributed by atoms with Crippen LogP contribution in [0.25, 0.3) is 0 Å². The van der Waals surface area contributed by atoms with Crippen molar-refractivity contribution in [2.24, 2.45) is 0 Å². The maximum absolute atomic E-state index is 13.1. The number of aryl methyl sites for hydroxylation is 1. The molecule has 0 spiro atoms. The molecule has 0 N–H and O–H groups in total. The average molecular weight is 401 g/mol. The van der Waals surface area contributed by atoms with Crippen molar-refractivity contribution in [1.29, 1.82) is 0 Å². The molecule has 2 aromatic rings. The Bertz CT molecular complexity index is 911. The summed E-state index contributed by atoms with van der Waals surface area (Å²) in [7, 11) is 5.06. The molecule has 7 nitrogen and oxygen atoms in total. The number of pyridine rings is 1. The Morgan fingerprint density at radius 1 is 0.964 bits per heavy atom. The molecule has 0 aliphatic rings. The van der Waals surface area contributed by atoms with Crippen LogP contribution >= 0.6 is 0 Å². The molecule has 0 fully saturated rings. The standard InChI is InChI=1S/C18H18F3NO6/c1-9-6-12(26-3)16(27-4)17(28-5)13(9)15(23)14-11(25-2)7-10(8-22(14)24)18(19,20)21/h6-8H,1-5H3. The van der Waals surface area contributed by atoms with Gasteiger partial charge in [-0.2, -0.15) is 17.9 Å². The molecule has 1 aromatic carbocycles. The van der Waals surface area contributed by atoms with E-state index in [9.17, 15) is 23.2 Å². The second kappa shape index (κ2) is 7.83. The zero-order valence-corrected chi connectivity index (χ0v) is 15.8. The number of nitrogens with zero attached hydrogens (tertiary/aromatic N) is 1. The third kappa shape index (κ3) is 3.62. The Morgan fingerprint density at radius 2 is 1.54 bits per heavy atom. The second-order valence-corrected chi connectivity index (χ2v) is 5.64. The van der Waals surface area contributed by atoms with Gasteiger partial charge in [-0.25, -0.2) is 0 Å². The van der Waals surface area contributed by atoms with Crippen molar-refractivity contribution in [3.8, 4) is 23.0 Å². The number of alkyl halides is 3. The molecule has 2 rings (SSSR count). The minimum Gasteiger partial charge on any atom is -0.618 e. The lowest BCUT2D eigenvalue weighted by atomic mass is 9.98. The van der Waals surface area contributed by atoms with E-state index >= 15 is 0 Å². The minimum atomic E-state index is -4.78. The SMILES string of the molecule is COc1cc(C)c(C(=O)c2c(OC)cc(C(F)(F)F)c[n+]2[O-])c(OC)c1OC. The molecule has 1 aromatic heterocycles. The van der Waals surface area contributed by atoms with Crippen molar-refractivity contribution >= 4 is 5.78 Å². The number of ether oxygens (including phenoxy) is 4. The summed E-state index contributed by atoms with van der Waals surface area (Å²) < 4.78 is 59.3. The van der Waals surface area contributed by atoms with Gasteiger partial charge >= 0.3 is 11.9 Å². The molecule has 0 bridgehead atoms. The second-order valence-electron chi connectivity index (χ2n) is 5.64. The Balaban J connectivity index is 2.77. The highest BCUT2D eigenvalue weighted by molar-refractivity contribution is 6.12. The van der Waals surface area contributed by atoms with Gasteiger partial charge in [0.1, 0.15) is 5.56 Å². The summed E-state index contributed by atoms with van der Waals surface area (Å²) in [6, 6.07) is 2.07. The number of methoxy groups -OCH3 is 4. The zero-order valence-electron chi connectivity index (χ0n) is 15.8. The molecular formula is C18H18F3NO6. The zero-order chi connectivity index (χ0) is 21.2. The van der Waals surface area contributed by atoms with E-state index in [0.717, 1.165) is 7.11 Å². The van der Waals surface area contributed by atoms with Crippen molar-refractivity contribution in [1.82, 2.24) is 0 Å². The smallest absolute Gasteiger partial charge is 0.422 e. The first kappa shape index (κ1) is 21.1. The lowest BCUT2D eigenvalue weighted by Crippen LogP contribution is -2.37. The van der Waals surface area contributed by atoms with Crippen LogP contribution in [0, 0.1) is 12.1 Å². The molecule has 0 atom stereocenters. The quantitative estimate of drug-likeness (QED) is 0.421. The molecule has 0 aliphatic heterocycles. The van der Waals surface area contributed by atoms with E-state index in [0.29, 0.717) is 11.6 Å². The number of hydrogen-bond donors (Lipinski definition) is 0. The molecular weight excluding hydrogens is 383 g/mol. The van der Waals surface area contributed by atoms with Gasteiger partial charge in [0.25, 0.3) is 5.78 Å². The van der Waals surface area contributed by atoms with Crippen molar-refractivity contribution in [3.63, 3.8) is 0 Å². The van der Waals surface area contributed by atoms with E-state index in [-0.39, 0.29) is 33.7 Å². The first-order chi connectivity index (χ1) is 13.1. The largest absolute Gasteiger partial charge is 0.618 e. The van der Waals surface area contributed by atoms with Crippen molar-refractivity contribution in [2.45, 2.75) is 13.1 Å². The summed E-state index contributed by atoms with van der Waals surface area (Å²) in [6.45, 7) is 1.56. The Kier molecular flexibility index (Phi) is 5.91. The monoisotopic (exact) mass is 401 g/mol. The number of benzene rings is 1. The highest BCUT2D eigenvalue weighted by Crippen LogP contribution is 2.43. The van der Waals surface area contributed by atoms with E-state index < -0.39 is 29.0 Å². The topological polar surface area (TPSA) is 80.9 Å². The number of rotatable bonds is 6. The molecule has 152 valence electrons. The van der Waals surface area contributed by atoms with Crippen LogP contribution in [-0.4, -0.2) is 34.2 Å². The summed E-state index contributed by atoms with van der Waals surface area (Å²) >= 11 is 0. The summed E-state index contributed by atoms with van der Waals surface area (Å²) in [5.74, 6) is -1.06. The molecule has 0 amide bonds. The Hall–Kier alpha value is -3.17. The normalized spacial score (nSPS) is 11.1. The van der Waals surface area contributed by atoms with Crippen LogP contribution in [0.2, 0.25) is 0 Å². The van der Waals surface area contributed by atoms with Crippen LogP contribution in [0.3, 0.4) is 0 Å². The predicted octanol–water partition coefficient (Wildman–Crippen LogP) is 2.91. The fraction of sp³-hybridized carbons (Fsp3) is 0.333. The van der Waals surface area contributed by atoms with E-state index in [2.05, 4.69) is 0 Å². The molecule has 0 saturated carbocycles. The number of carbonyl (C=O) groups excluding carboxylic acids is 1. The third-order valence-corrected chi connectivity index (χ3v) is 4.01. The number of aromatic nitrogens is 1. The number of carbonyl (C=O) groups is 1. The van der Waals surface area contributed by atoms with Gasteiger partial charge in [0, 0.05) is 6.07 Å². The fourth-order valence-corrected chi connectivity index (χ4v) is 2.75. The predicted molar refractivity (Wildman–Crippen MR) is 91.2 cm³/mol. The van der Waals surface area contributed by atoms with Crippen LogP contribution in [-0.2, 0) is 6.18 Å². The van der Waals surface area contributed by atoms with Gasteiger partial charge in [-0.15, -0.1) is 0 Å². The summed E-state index contributed by atoms with van der Waals surface area (Å²) in [5, 5.41) is 12.3. The lowest BCUT2D eigenvalue weighted by Gasteiger charge is -2.18. The van der Waals surface area contributed by atoms with Gasteiger partial charge < -0.3 is 24.2 Å². The molecule has 0 aliphatic carbocycles. The van der Waals surface area contributed by atoms with Crippen LogP contribution in [0.4, 0.5) is 13.2 Å². The molecule has 10 heteroatoms. The van der Waals surface area contributed by atoms with Gasteiger partial charge in [-0.05, 0) is 18.6 Å². The third-order valence-electron chi connectivity index (χ3n) is 4.01. The van der Waals surface area contributed by atoms with Crippen LogP contribution < -0.4 is 23.7 Å². The maximum atomic E-state index is 13.1. The fourth-order valence-electron chi connectivity index (χ4n) is 2.75. The minimum absolute atomic E-state index is 0.0219. The van der Waals surface area contributed by atoms with Crippen LogP contribution in [0.15, 0.2) is 18.3 Å². The maximum Gasteiger partial charge on any atom is 0.422 e. The van der Waals surface area contributed by atoms with Crippen molar-refractivity contribution in [3.05, 3.63) is 45.9 Å². The van der Waals surface area contributed by atoms with Gasteiger partial charge in [0.15, 0.2) is 23.4 Å². The van der Waals surface area contributed by atoms with Crippen molar-refractivity contribution < 1.29 is 41.6 Å². The van der Waals surface area contributed by atoms with Gasteiger partial charge in [0.2, 0.25) is 5.75 Å².